The van der Waals surface area contributed by atoms with Gasteiger partial charge in [-0.05, 0) is 31.8 Å². The molecule has 71 valence electrons. The van der Waals surface area contributed by atoms with E-state index in [2.05, 4.69) is 6.92 Å². The molecule has 0 saturated heterocycles. The van der Waals surface area contributed by atoms with Gasteiger partial charge in [0.15, 0.2) is 0 Å². The fraction of sp³-hybridized carbons (Fsp3) is 0.667. The summed E-state index contributed by atoms with van der Waals surface area (Å²) >= 11 is 0. The Kier molecular flexibility index (Phi) is 8.34. The molecule has 3 heteroatoms. The van der Waals surface area contributed by atoms with E-state index in [4.69, 9.17) is 4.74 Å². The highest BCUT2D eigenvalue weighted by Gasteiger charge is 1.90. The van der Waals surface area contributed by atoms with Crippen LogP contribution in [0.5, 0.6) is 0 Å². The second-order valence-electron chi connectivity index (χ2n) is 2.46. The molecule has 12 heavy (non-hydrogen) atoms. The van der Waals surface area contributed by atoms with Crippen LogP contribution in [0.3, 0.4) is 0 Å². The first-order valence-electron chi connectivity index (χ1n) is 4.15. The zero-order valence-corrected chi connectivity index (χ0v) is 7.19. The molecule has 0 rings (SSSR count). The third kappa shape index (κ3) is 9.56. The fourth-order valence-corrected chi connectivity index (χ4v) is 0.764. The van der Waals surface area contributed by atoms with E-state index in [1.807, 2.05) is 0 Å². The molecule has 1 nitrogen and oxygen atoms in total. The van der Waals surface area contributed by atoms with Gasteiger partial charge in [-0.2, -0.15) is 8.78 Å². The standard InChI is InChI=1S/C9H15F2O/c1-2-7-12-8-5-3-4-6-9(10)11/h6H,1-5,7-8H2. The topological polar surface area (TPSA) is 9.23 Å². The lowest BCUT2D eigenvalue weighted by molar-refractivity contribution is 0.134. The molecule has 0 aromatic carbocycles. The molecule has 1 radical (unpaired) electrons. The van der Waals surface area contributed by atoms with E-state index in [9.17, 15) is 8.78 Å². The van der Waals surface area contributed by atoms with Crippen molar-refractivity contribution in [3.8, 4) is 0 Å². The summed E-state index contributed by atoms with van der Waals surface area (Å²) in [5.41, 5.74) is 0. The summed E-state index contributed by atoms with van der Waals surface area (Å²) in [6.07, 6.45) is 2.16. The van der Waals surface area contributed by atoms with Crippen molar-refractivity contribution in [1.82, 2.24) is 0 Å². The Morgan fingerprint density at radius 3 is 2.58 bits per heavy atom. The Labute approximate surface area is 72.4 Å². The van der Waals surface area contributed by atoms with E-state index in [0.29, 0.717) is 19.6 Å². The Bertz CT molecular complexity index is 120. The van der Waals surface area contributed by atoms with Crippen LogP contribution in [0, 0.1) is 6.92 Å². The van der Waals surface area contributed by atoms with Gasteiger partial charge in [-0.1, -0.05) is 6.92 Å². The molecule has 0 aromatic heterocycles. The van der Waals surface area contributed by atoms with Gasteiger partial charge < -0.3 is 4.74 Å². The predicted octanol–water partition coefficient (Wildman–Crippen LogP) is 3.18. The quantitative estimate of drug-likeness (QED) is 0.543. The molecular weight excluding hydrogens is 162 g/mol. The minimum absolute atomic E-state index is 0.441. The van der Waals surface area contributed by atoms with Gasteiger partial charge in [0, 0.05) is 13.2 Å². The lowest BCUT2D eigenvalue weighted by atomic mass is 10.2. The summed E-state index contributed by atoms with van der Waals surface area (Å²) in [6, 6.07) is 0. The second-order valence-corrected chi connectivity index (χ2v) is 2.46. The first-order chi connectivity index (χ1) is 5.77. The summed E-state index contributed by atoms with van der Waals surface area (Å²) < 4.78 is 28.1. The highest BCUT2D eigenvalue weighted by molar-refractivity contribution is 4.79. The highest BCUT2D eigenvalue weighted by Crippen LogP contribution is 2.03. The van der Waals surface area contributed by atoms with Crippen LogP contribution < -0.4 is 0 Å². The van der Waals surface area contributed by atoms with Crippen LogP contribution in [0.25, 0.3) is 0 Å². The minimum atomic E-state index is -1.59. The van der Waals surface area contributed by atoms with Gasteiger partial charge >= 0.3 is 0 Å². The van der Waals surface area contributed by atoms with Gasteiger partial charge in [-0.15, -0.1) is 0 Å². The minimum Gasteiger partial charge on any atom is -0.381 e. The molecule has 0 saturated carbocycles. The predicted molar refractivity (Wildman–Crippen MR) is 44.9 cm³/mol. The number of rotatable bonds is 7. The molecule has 0 aromatic rings. The zero-order chi connectivity index (χ0) is 9.23. The van der Waals surface area contributed by atoms with E-state index in [0.717, 1.165) is 25.3 Å². The maximum Gasteiger partial charge on any atom is 0.266 e. The molecule has 0 unspecified atom stereocenters. The Morgan fingerprint density at radius 1 is 1.25 bits per heavy atom. The molecule has 0 aliphatic rings. The molecule has 0 N–H and O–H groups in total. The van der Waals surface area contributed by atoms with Crippen molar-refractivity contribution in [3.63, 3.8) is 0 Å². The van der Waals surface area contributed by atoms with Gasteiger partial charge in [0.25, 0.3) is 6.08 Å². The van der Waals surface area contributed by atoms with Crippen molar-refractivity contribution in [2.45, 2.75) is 25.7 Å². The van der Waals surface area contributed by atoms with Crippen LogP contribution in [0.1, 0.15) is 25.7 Å². The van der Waals surface area contributed by atoms with E-state index in [-0.39, 0.29) is 0 Å². The number of hydrogen-bond acceptors (Lipinski definition) is 1. The zero-order valence-electron chi connectivity index (χ0n) is 7.19. The van der Waals surface area contributed by atoms with Crippen LogP contribution in [-0.2, 0) is 4.74 Å². The maximum atomic E-state index is 11.5. The molecular formula is C9H15F2O. The van der Waals surface area contributed by atoms with Gasteiger partial charge in [0.1, 0.15) is 0 Å². The summed E-state index contributed by atoms with van der Waals surface area (Å²) in [6.45, 7) is 4.92. The molecule has 0 spiro atoms. The molecule has 0 aliphatic carbocycles. The van der Waals surface area contributed by atoms with Crippen LogP contribution in [0.2, 0.25) is 0 Å². The number of hydrogen-bond donors (Lipinski definition) is 0. The lowest BCUT2D eigenvalue weighted by Crippen LogP contribution is -1.94. The molecule has 0 fully saturated rings. The Balaban J connectivity index is 2.96. The largest absolute Gasteiger partial charge is 0.381 e. The average molecular weight is 177 g/mol. The Morgan fingerprint density at radius 2 is 2.00 bits per heavy atom. The second kappa shape index (κ2) is 8.65. The van der Waals surface area contributed by atoms with E-state index < -0.39 is 6.08 Å². The van der Waals surface area contributed by atoms with Crippen molar-refractivity contribution >= 4 is 0 Å². The Hall–Kier alpha value is -0.440. The maximum absolute atomic E-state index is 11.5. The van der Waals surface area contributed by atoms with Crippen molar-refractivity contribution < 1.29 is 13.5 Å². The molecule has 0 amide bonds. The number of unbranched alkanes of at least 4 members (excludes halogenated alkanes) is 2. The van der Waals surface area contributed by atoms with Crippen LogP contribution >= 0.6 is 0 Å². The number of ether oxygens (including phenoxy) is 1. The van der Waals surface area contributed by atoms with Crippen molar-refractivity contribution in [2.75, 3.05) is 13.2 Å². The van der Waals surface area contributed by atoms with Gasteiger partial charge in [-0.3, -0.25) is 0 Å². The van der Waals surface area contributed by atoms with Crippen LogP contribution in [-0.4, -0.2) is 13.2 Å². The normalized spacial score (nSPS) is 9.92. The van der Waals surface area contributed by atoms with E-state index >= 15 is 0 Å². The SMILES string of the molecule is [CH2]CCOCCCCC=C(F)F. The van der Waals surface area contributed by atoms with Crippen molar-refractivity contribution in [3.05, 3.63) is 19.1 Å². The van der Waals surface area contributed by atoms with Crippen molar-refractivity contribution in [2.24, 2.45) is 0 Å². The van der Waals surface area contributed by atoms with Crippen LogP contribution in [0.4, 0.5) is 8.78 Å². The first-order valence-corrected chi connectivity index (χ1v) is 4.15. The third-order valence-electron chi connectivity index (χ3n) is 1.33. The monoisotopic (exact) mass is 177 g/mol. The highest BCUT2D eigenvalue weighted by atomic mass is 19.3. The first kappa shape index (κ1) is 11.6. The lowest BCUT2D eigenvalue weighted by Gasteiger charge is -1.99. The molecule has 0 bridgehead atoms. The van der Waals surface area contributed by atoms with Crippen LogP contribution in [0.15, 0.2) is 12.2 Å². The summed E-state index contributed by atoms with van der Waals surface area (Å²) in [4.78, 5) is 0. The van der Waals surface area contributed by atoms with E-state index in [1.54, 1.807) is 0 Å². The summed E-state index contributed by atoms with van der Waals surface area (Å²) in [5.74, 6) is 0. The van der Waals surface area contributed by atoms with Gasteiger partial charge in [-0.25, -0.2) is 0 Å². The van der Waals surface area contributed by atoms with Gasteiger partial charge in [0.2, 0.25) is 0 Å². The molecule has 0 aliphatic heterocycles. The van der Waals surface area contributed by atoms with Crippen molar-refractivity contribution in [1.29, 1.82) is 0 Å². The smallest absolute Gasteiger partial charge is 0.266 e. The number of halogens is 2. The summed E-state index contributed by atoms with van der Waals surface area (Å²) in [5, 5.41) is 0. The van der Waals surface area contributed by atoms with Gasteiger partial charge in [0.05, 0.1) is 0 Å². The van der Waals surface area contributed by atoms with E-state index in [1.165, 1.54) is 0 Å². The third-order valence-corrected chi connectivity index (χ3v) is 1.33. The molecule has 0 atom stereocenters. The molecule has 0 heterocycles. The fourth-order valence-electron chi connectivity index (χ4n) is 0.764. The average Bonchev–Trinajstić information content (AvgIpc) is 2.02. The number of allylic oxidation sites excluding steroid dienone is 1. The summed E-state index contributed by atoms with van der Waals surface area (Å²) in [7, 11) is 0.